The largest absolute Gasteiger partial charge is 0.298 e. The SMILES string of the molecule is CC(C)(C)CC[C@@]1(C)C(=O)CC(=O)c2cc(F)ccc21. The Morgan fingerprint density at radius 1 is 1.25 bits per heavy atom. The van der Waals surface area contributed by atoms with Crippen LogP contribution in [0.25, 0.3) is 0 Å². The molecule has 0 bridgehead atoms. The first kappa shape index (κ1) is 14.9. The van der Waals surface area contributed by atoms with Gasteiger partial charge >= 0.3 is 0 Å². The molecular formula is C17H21FO2. The second-order valence-electron chi connectivity index (χ2n) is 7.11. The number of benzene rings is 1. The van der Waals surface area contributed by atoms with Crippen LogP contribution >= 0.6 is 0 Å². The van der Waals surface area contributed by atoms with Gasteiger partial charge in [-0.05, 0) is 42.9 Å². The van der Waals surface area contributed by atoms with E-state index in [1.54, 1.807) is 6.07 Å². The Kier molecular flexibility index (Phi) is 3.57. The Morgan fingerprint density at radius 3 is 2.50 bits per heavy atom. The van der Waals surface area contributed by atoms with Gasteiger partial charge in [-0.25, -0.2) is 4.39 Å². The van der Waals surface area contributed by atoms with Gasteiger partial charge in [0.25, 0.3) is 0 Å². The standard InChI is InChI=1S/C17H21FO2/c1-16(2,3)7-8-17(4)13-6-5-11(18)9-12(13)14(19)10-15(17)20/h5-6,9H,7-8,10H2,1-4H3/t17-/m1/s1. The van der Waals surface area contributed by atoms with Gasteiger partial charge < -0.3 is 0 Å². The minimum atomic E-state index is -0.676. The number of carbonyl (C=O) groups is 2. The summed E-state index contributed by atoms with van der Waals surface area (Å²) in [4.78, 5) is 24.3. The smallest absolute Gasteiger partial charge is 0.170 e. The van der Waals surface area contributed by atoms with Crippen LogP contribution in [0.4, 0.5) is 4.39 Å². The molecule has 0 heterocycles. The summed E-state index contributed by atoms with van der Waals surface area (Å²) in [5.41, 5.74) is 0.500. The highest BCUT2D eigenvalue weighted by Gasteiger charge is 2.42. The summed E-state index contributed by atoms with van der Waals surface area (Å²) < 4.78 is 13.4. The van der Waals surface area contributed by atoms with Crippen LogP contribution < -0.4 is 0 Å². The predicted molar refractivity (Wildman–Crippen MR) is 76.4 cm³/mol. The van der Waals surface area contributed by atoms with Crippen LogP contribution in [0, 0.1) is 11.2 Å². The molecule has 0 N–H and O–H groups in total. The fourth-order valence-corrected chi connectivity index (χ4v) is 2.71. The molecule has 0 aromatic heterocycles. The van der Waals surface area contributed by atoms with Crippen LogP contribution in [0.1, 0.15) is 62.9 Å². The Morgan fingerprint density at radius 2 is 1.90 bits per heavy atom. The van der Waals surface area contributed by atoms with E-state index in [9.17, 15) is 14.0 Å². The lowest BCUT2D eigenvalue weighted by molar-refractivity contribution is -0.124. The van der Waals surface area contributed by atoms with Crippen molar-refractivity contribution in [3.63, 3.8) is 0 Å². The van der Waals surface area contributed by atoms with E-state index in [2.05, 4.69) is 20.8 Å². The van der Waals surface area contributed by atoms with Crippen LogP contribution in [-0.4, -0.2) is 11.6 Å². The predicted octanol–water partition coefficient (Wildman–Crippen LogP) is 4.07. The lowest BCUT2D eigenvalue weighted by Gasteiger charge is -2.35. The van der Waals surface area contributed by atoms with Gasteiger partial charge in [0.1, 0.15) is 5.82 Å². The maximum atomic E-state index is 13.4. The van der Waals surface area contributed by atoms with Crippen molar-refractivity contribution in [2.75, 3.05) is 0 Å². The van der Waals surface area contributed by atoms with E-state index >= 15 is 0 Å². The number of halogens is 1. The van der Waals surface area contributed by atoms with Crippen molar-refractivity contribution in [2.45, 2.75) is 52.4 Å². The summed E-state index contributed by atoms with van der Waals surface area (Å²) in [7, 11) is 0. The Balaban J connectivity index is 2.45. The molecule has 2 rings (SSSR count). The maximum Gasteiger partial charge on any atom is 0.170 e. The van der Waals surface area contributed by atoms with E-state index < -0.39 is 11.2 Å². The first-order valence-electron chi connectivity index (χ1n) is 7.00. The van der Waals surface area contributed by atoms with Gasteiger partial charge in [0.15, 0.2) is 11.6 Å². The van der Waals surface area contributed by atoms with Gasteiger partial charge in [-0.15, -0.1) is 0 Å². The molecule has 108 valence electrons. The average molecular weight is 276 g/mol. The third-order valence-electron chi connectivity index (χ3n) is 4.19. The summed E-state index contributed by atoms with van der Waals surface area (Å²) in [5, 5.41) is 0. The van der Waals surface area contributed by atoms with E-state index in [1.807, 2.05) is 6.92 Å². The molecule has 20 heavy (non-hydrogen) atoms. The van der Waals surface area contributed by atoms with Gasteiger partial charge in [0.05, 0.1) is 11.8 Å². The summed E-state index contributed by atoms with van der Waals surface area (Å²) >= 11 is 0. The van der Waals surface area contributed by atoms with Crippen molar-refractivity contribution in [2.24, 2.45) is 5.41 Å². The highest BCUT2D eigenvalue weighted by molar-refractivity contribution is 6.16. The molecule has 0 spiro atoms. The number of rotatable bonds is 2. The number of hydrogen-bond acceptors (Lipinski definition) is 2. The minimum Gasteiger partial charge on any atom is -0.298 e. The molecule has 0 unspecified atom stereocenters. The monoisotopic (exact) mass is 276 g/mol. The normalized spacial score (nSPS) is 22.9. The van der Waals surface area contributed by atoms with Crippen LogP contribution in [0.5, 0.6) is 0 Å². The average Bonchev–Trinajstić information content (AvgIpc) is 2.33. The number of Topliss-reactive ketones (excluding diaryl/α,β-unsaturated/α-hetero) is 2. The third kappa shape index (κ3) is 2.67. The van der Waals surface area contributed by atoms with Gasteiger partial charge in [0, 0.05) is 5.56 Å². The summed E-state index contributed by atoms with van der Waals surface area (Å²) in [5.74, 6) is -0.742. The molecule has 1 aromatic carbocycles. The molecule has 3 heteroatoms. The van der Waals surface area contributed by atoms with Crippen LogP contribution in [0.3, 0.4) is 0 Å². The maximum absolute atomic E-state index is 13.4. The Hall–Kier alpha value is -1.51. The van der Waals surface area contributed by atoms with E-state index in [0.29, 0.717) is 17.5 Å². The number of hydrogen-bond donors (Lipinski definition) is 0. The summed E-state index contributed by atoms with van der Waals surface area (Å²) in [6, 6.07) is 4.20. The van der Waals surface area contributed by atoms with Crippen molar-refractivity contribution < 1.29 is 14.0 Å². The van der Waals surface area contributed by atoms with Crippen molar-refractivity contribution in [3.05, 3.63) is 35.1 Å². The van der Waals surface area contributed by atoms with Crippen molar-refractivity contribution in [1.82, 2.24) is 0 Å². The first-order valence-corrected chi connectivity index (χ1v) is 7.00. The quantitative estimate of drug-likeness (QED) is 0.763. The zero-order chi connectivity index (χ0) is 15.1. The molecule has 1 atom stereocenters. The van der Waals surface area contributed by atoms with E-state index in [4.69, 9.17) is 0 Å². The molecule has 0 saturated carbocycles. The topological polar surface area (TPSA) is 34.1 Å². The van der Waals surface area contributed by atoms with Gasteiger partial charge in [-0.3, -0.25) is 9.59 Å². The fraction of sp³-hybridized carbons (Fsp3) is 0.529. The van der Waals surface area contributed by atoms with Crippen molar-refractivity contribution >= 4 is 11.6 Å². The summed E-state index contributed by atoms with van der Waals surface area (Å²) in [6.45, 7) is 8.26. The molecule has 0 amide bonds. The van der Waals surface area contributed by atoms with Crippen LogP contribution in [0.2, 0.25) is 0 Å². The highest BCUT2D eigenvalue weighted by atomic mass is 19.1. The van der Waals surface area contributed by atoms with Gasteiger partial charge in [0.2, 0.25) is 0 Å². The molecule has 0 saturated heterocycles. The molecule has 1 aromatic rings. The first-order chi connectivity index (χ1) is 9.13. The minimum absolute atomic E-state index is 0.0501. The van der Waals surface area contributed by atoms with Crippen molar-refractivity contribution in [1.29, 1.82) is 0 Å². The number of fused-ring (bicyclic) bond motifs is 1. The molecule has 0 aliphatic heterocycles. The van der Waals surface area contributed by atoms with E-state index in [1.165, 1.54) is 12.1 Å². The lowest BCUT2D eigenvalue weighted by atomic mass is 9.66. The second kappa shape index (κ2) is 4.80. The highest BCUT2D eigenvalue weighted by Crippen LogP contribution is 2.40. The number of carbonyl (C=O) groups excluding carboxylic acids is 2. The van der Waals surface area contributed by atoms with Crippen molar-refractivity contribution in [3.8, 4) is 0 Å². The Bertz CT molecular complexity index is 569. The third-order valence-corrected chi connectivity index (χ3v) is 4.19. The zero-order valence-corrected chi connectivity index (χ0v) is 12.5. The molecule has 2 nitrogen and oxygen atoms in total. The second-order valence-corrected chi connectivity index (χ2v) is 7.11. The number of ketones is 2. The van der Waals surface area contributed by atoms with E-state index in [-0.39, 0.29) is 23.4 Å². The molecule has 1 aliphatic carbocycles. The lowest BCUT2D eigenvalue weighted by Crippen LogP contribution is -2.40. The molecular weight excluding hydrogens is 255 g/mol. The van der Waals surface area contributed by atoms with Crippen LogP contribution in [-0.2, 0) is 10.2 Å². The molecule has 0 fully saturated rings. The van der Waals surface area contributed by atoms with Gasteiger partial charge in [-0.1, -0.05) is 26.8 Å². The van der Waals surface area contributed by atoms with Gasteiger partial charge in [-0.2, -0.15) is 0 Å². The van der Waals surface area contributed by atoms with E-state index in [0.717, 1.165) is 6.42 Å². The molecule has 1 aliphatic rings. The molecule has 0 radical (unpaired) electrons. The Labute approximate surface area is 119 Å². The summed E-state index contributed by atoms with van der Waals surface area (Å²) in [6.07, 6.45) is 1.44. The zero-order valence-electron chi connectivity index (χ0n) is 12.5. The van der Waals surface area contributed by atoms with Crippen LogP contribution in [0.15, 0.2) is 18.2 Å². The fourth-order valence-electron chi connectivity index (χ4n) is 2.71.